The van der Waals surface area contributed by atoms with Crippen molar-refractivity contribution >= 4 is 5.69 Å². The molecule has 0 spiro atoms. The molecule has 0 amide bonds. The van der Waals surface area contributed by atoms with E-state index in [0.29, 0.717) is 5.92 Å². The number of benzene rings is 1. The number of methoxy groups -OCH3 is 1. The van der Waals surface area contributed by atoms with Gasteiger partial charge in [-0.25, -0.2) is 0 Å². The summed E-state index contributed by atoms with van der Waals surface area (Å²) in [5.41, 5.74) is 4.30. The van der Waals surface area contributed by atoms with E-state index in [2.05, 4.69) is 57.0 Å². The van der Waals surface area contributed by atoms with Crippen molar-refractivity contribution < 1.29 is 4.74 Å². The van der Waals surface area contributed by atoms with E-state index in [9.17, 15) is 0 Å². The predicted molar refractivity (Wildman–Crippen MR) is 95.1 cm³/mol. The van der Waals surface area contributed by atoms with E-state index < -0.39 is 0 Å². The minimum absolute atomic E-state index is 0.203. The number of hydrogen-bond acceptors (Lipinski definition) is 3. The third-order valence-electron chi connectivity index (χ3n) is 4.85. The molecule has 0 fully saturated rings. The fraction of sp³-hybridized carbons (Fsp3) is 0.684. The van der Waals surface area contributed by atoms with E-state index >= 15 is 0 Å². The van der Waals surface area contributed by atoms with Gasteiger partial charge in [0.2, 0.25) is 0 Å². The molecule has 124 valence electrons. The number of anilines is 1. The first-order valence-electron chi connectivity index (χ1n) is 8.63. The highest BCUT2D eigenvalue weighted by molar-refractivity contribution is 5.64. The Hall–Kier alpha value is -1.22. The zero-order chi connectivity index (χ0) is 16.3. The molecule has 0 saturated carbocycles. The van der Waals surface area contributed by atoms with Crippen molar-refractivity contribution in [2.24, 2.45) is 0 Å². The van der Waals surface area contributed by atoms with Gasteiger partial charge in [-0.2, -0.15) is 0 Å². The van der Waals surface area contributed by atoms with Gasteiger partial charge in [-0.1, -0.05) is 13.8 Å². The van der Waals surface area contributed by atoms with Crippen LogP contribution in [-0.4, -0.2) is 25.7 Å². The summed E-state index contributed by atoms with van der Waals surface area (Å²) in [5, 5.41) is 3.50. The van der Waals surface area contributed by atoms with Gasteiger partial charge in [0.25, 0.3) is 0 Å². The van der Waals surface area contributed by atoms with Gasteiger partial charge in [-0.15, -0.1) is 0 Å². The van der Waals surface area contributed by atoms with Crippen LogP contribution in [0.2, 0.25) is 0 Å². The van der Waals surface area contributed by atoms with E-state index in [1.807, 2.05) is 0 Å². The zero-order valence-electron chi connectivity index (χ0n) is 15.1. The molecule has 3 nitrogen and oxygen atoms in total. The summed E-state index contributed by atoms with van der Waals surface area (Å²) in [6.07, 6.45) is 2.35. The van der Waals surface area contributed by atoms with Gasteiger partial charge < -0.3 is 15.0 Å². The molecular formula is C19H32N2O. The lowest BCUT2D eigenvalue weighted by Crippen LogP contribution is -2.48. The Labute approximate surface area is 136 Å². The topological polar surface area (TPSA) is 24.5 Å². The van der Waals surface area contributed by atoms with Crippen molar-refractivity contribution in [3.8, 4) is 5.75 Å². The van der Waals surface area contributed by atoms with Gasteiger partial charge in [0.1, 0.15) is 5.75 Å². The normalized spacial score (nSPS) is 19.9. The summed E-state index contributed by atoms with van der Waals surface area (Å²) in [6, 6.07) is 4.61. The molecule has 1 aliphatic rings. The van der Waals surface area contributed by atoms with Gasteiger partial charge in [-0.05, 0) is 57.7 Å². The highest BCUT2D eigenvalue weighted by atomic mass is 16.5. The summed E-state index contributed by atoms with van der Waals surface area (Å²) in [5.74, 6) is 1.59. The Morgan fingerprint density at radius 3 is 2.64 bits per heavy atom. The number of rotatable bonds is 6. The lowest BCUT2D eigenvalue weighted by molar-refractivity contribution is 0.376. The van der Waals surface area contributed by atoms with Crippen LogP contribution in [0.25, 0.3) is 0 Å². The SMILES string of the molecule is CCCNCc1cc2c(cc1OC)N(CC)C(C)(C)C[C@H]2C. The molecule has 22 heavy (non-hydrogen) atoms. The van der Waals surface area contributed by atoms with Crippen molar-refractivity contribution in [2.45, 2.75) is 65.5 Å². The van der Waals surface area contributed by atoms with Gasteiger partial charge in [0.15, 0.2) is 0 Å². The lowest BCUT2D eigenvalue weighted by Gasteiger charge is -2.47. The standard InChI is InChI=1S/C19H32N2O/c1-7-9-20-13-15-10-16-14(3)12-19(4,5)21(8-2)17(16)11-18(15)22-6/h10-11,14,20H,7-9,12-13H2,1-6H3/t14-/m1/s1. The van der Waals surface area contributed by atoms with Crippen molar-refractivity contribution in [3.05, 3.63) is 23.3 Å². The smallest absolute Gasteiger partial charge is 0.125 e. The summed E-state index contributed by atoms with van der Waals surface area (Å²) in [6.45, 7) is 14.4. The molecular weight excluding hydrogens is 272 g/mol. The van der Waals surface area contributed by atoms with Gasteiger partial charge >= 0.3 is 0 Å². The Morgan fingerprint density at radius 1 is 1.32 bits per heavy atom. The molecule has 0 radical (unpaired) electrons. The summed E-state index contributed by atoms with van der Waals surface area (Å²) in [7, 11) is 1.78. The Bertz CT molecular complexity index is 510. The zero-order valence-corrected chi connectivity index (χ0v) is 15.1. The van der Waals surface area contributed by atoms with Crippen molar-refractivity contribution in [1.82, 2.24) is 5.32 Å². The van der Waals surface area contributed by atoms with Crippen LogP contribution in [0.4, 0.5) is 5.69 Å². The second kappa shape index (κ2) is 6.91. The molecule has 1 aromatic carbocycles. The molecule has 0 unspecified atom stereocenters. The van der Waals surface area contributed by atoms with Crippen LogP contribution in [0.3, 0.4) is 0 Å². The number of fused-ring (bicyclic) bond motifs is 1. The first-order valence-corrected chi connectivity index (χ1v) is 8.63. The highest BCUT2D eigenvalue weighted by Gasteiger charge is 2.36. The first kappa shape index (κ1) is 17.1. The molecule has 0 aromatic heterocycles. The number of hydrogen-bond donors (Lipinski definition) is 1. The summed E-state index contributed by atoms with van der Waals surface area (Å²) < 4.78 is 5.67. The number of nitrogens with zero attached hydrogens (tertiary/aromatic N) is 1. The van der Waals surface area contributed by atoms with E-state index in [1.54, 1.807) is 7.11 Å². The molecule has 0 saturated heterocycles. The predicted octanol–water partition coefficient (Wildman–Crippen LogP) is 4.31. The van der Waals surface area contributed by atoms with Gasteiger partial charge in [-0.3, -0.25) is 0 Å². The molecule has 0 aliphatic carbocycles. The maximum atomic E-state index is 5.67. The molecule has 0 bridgehead atoms. The molecule has 2 rings (SSSR count). The molecule has 1 heterocycles. The molecule has 3 heteroatoms. The van der Waals surface area contributed by atoms with E-state index in [4.69, 9.17) is 4.74 Å². The Balaban J connectivity index is 2.42. The fourth-order valence-electron chi connectivity index (χ4n) is 3.88. The number of ether oxygens (including phenoxy) is 1. The van der Waals surface area contributed by atoms with Crippen LogP contribution < -0.4 is 15.0 Å². The van der Waals surface area contributed by atoms with Crippen molar-refractivity contribution in [3.63, 3.8) is 0 Å². The van der Waals surface area contributed by atoms with Crippen LogP contribution in [0, 0.1) is 0 Å². The lowest BCUT2D eigenvalue weighted by atomic mass is 9.79. The van der Waals surface area contributed by atoms with E-state index in [1.165, 1.54) is 23.2 Å². The maximum absolute atomic E-state index is 5.67. The average molecular weight is 304 g/mol. The largest absolute Gasteiger partial charge is 0.496 e. The second-order valence-electron chi connectivity index (χ2n) is 7.06. The van der Waals surface area contributed by atoms with E-state index in [-0.39, 0.29) is 5.54 Å². The Morgan fingerprint density at radius 2 is 2.05 bits per heavy atom. The van der Waals surface area contributed by atoms with Crippen LogP contribution in [-0.2, 0) is 6.54 Å². The molecule has 1 aliphatic heterocycles. The third kappa shape index (κ3) is 3.24. The third-order valence-corrected chi connectivity index (χ3v) is 4.85. The summed E-state index contributed by atoms with van der Waals surface area (Å²) >= 11 is 0. The summed E-state index contributed by atoms with van der Waals surface area (Å²) in [4.78, 5) is 2.52. The number of nitrogens with one attached hydrogen (secondary N) is 1. The fourth-order valence-corrected chi connectivity index (χ4v) is 3.88. The first-order chi connectivity index (χ1) is 10.4. The van der Waals surface area contributed by atoms with Crippen molar-refractivity contribution in [1.29, 1.82) is 0 Å². The Kier molecular flexibility index (Phi) is 5.38. The minimum atomic E-state index is 0.203. The average Bonchev–Trinajstić information content (AvgIpc) is 2.47. The quantitative estimate of drug-likeness (QED) is 0.793. The monoisotopic (exact) mass is 304 g/mol. The second-order valence-corrected chi connectivity index (χ2v) is 7.06. The van der Waals surface area contributed by atoms with Crippen LogP contribution in [0.15, 0.2) is 12.1 Å². The highest BCUT2D eigenvalue weighted by Crippen LogP contribution is 2.45. The maximum Gasteiger partial charge on any atom is 0.125 e. The van der Waals surface area contributed by atoms with Crippen LogP contribution in [0.5, 0.6) is 5.75 Å². The van der Waals surface area contributed by atoms with Crippen LogP contribution in [0.1, 0.15) is 64.5 Å². The minimum Gasteiger partial charge on any atom is -0.496 e. The van der Waals surface area contributed by atoms with E-state index in [0.717, 1.165) is 31.8 Å². The van der Waals surface area contributed by atoms with Crippen LogP contribution >= 0.6 is 0 Å². The molecule has 1 atom stereocenters. The van der Waals surface area contributed by atoms with Gasteiger partial charge in [0.05, 0.1) is 7.11 Å². The molecule has 1 aromatic rings. The molecule has 1 N–H and O–H groups in total. The van der Waals surface area contributed by atoms with Crippen molar-refractivity contribution in [2.75, 3.05) is 25.1 Å². The van der Waals surface area contributed by atoms with Gasteiger partial charge in [0, 0.05) is 35.9 Å².